The van der Waals surface area contributed by atoms with Gasteiger partial charge >= 0.3 is 5.97 Å². The van der Waals surface area contributed by atoms with Crippen LogP contribution in [0.1, 0.15) is 38.2 Å². The molecule has 0 aromatic heterocycles. The zero-order valence-electron chi connectivity index (χ0n) is 14.2. The SMILES string of the molecule is C[C@@H]1CC[C@H](C[C@H](OCc2ccccc2)C2SCCCS2)OC1=O. The summed E-state index contributed by atoms with van der Waals surface area (Å²) < 4.78 is 12.4. The van der Waals surface area contributed by atoms with Crippen LogP contribution in [0.3, 0.4) is 0 Å². The highest BCUT2D eigenvalue weighted by Crippen LogP contribution is 2.37. The molecule has 1 aromatic rings. The Labute approximate surface area is 153 Å². The van der Waals surface area contributed by atoms with Crippen molar-refractivity contribution in [1.82, 2.24) is 0 Å². The Morgan fingerprint density at radius 1 is 1.21 bits per heavy atom. The molecule has 2 fully saturated rings. The van der Waals surface area contributed by atoms with Crippen LogP contribution in [0.2, 0.25) is 0 Å². The molecular weight excluding hydrogens is 340 g/mol. The van der Waals surface area contributed by atoms with Crippen LogP contribution >= 0.6 is 23.5 Å². The van der Waals surface area contributed by atoms with Gasteiger partial charge in [0.05, 0.1) is 23.2 Å². The third kappa shape index (κ3) is 5.17. The summed E-state index contributed by atoms with van der Waals surface area (Å²) in [6.07, 6.45) is 4.12. The summed E-state index contributed by atoms with van der Waals surface area (Å²) in [6.45, 7) is 2.58. The first-order chi connectivity index (χ1) is 11.7. The topological polar surface area (TPSA) is 35.5 Å². The Balaban J connectivity index is 1.59. The van der Waals surface area contributed by atoms with Gasteiger partial charge in [0.15, 0.2) is 0 Å². The Hall–Kier alpha value is -0.650. The molecule has 2 aliphatic rings. The molecule has 0 radical (unpaired) electrons. The molecule has 2 heterocycles. The first-order valence-electron chi connectivity index (χ1n) is 8.81. The molecule has 3 atom stereocenters. The number of carbonyl (C=O) groups excluding carboxylic acids is 1. The molecule has 0 saturated carbocycles. The Kier molecular flexibility index (Phi) is 6.93. The standard InChI is InChI=1S/C19H26O3S2/c1-14-8-9-16(22-18(14)20)12-17(19-23-10-5-11-24-19)21-13-15-6-3-2-4-7-15/h2-4,6-7,14,16-17,19H,5,8-13H2,1H3/t14-,16-,17+/m1/s1. The van der Waals surface area contributed by atoms with E-state index in [0.717, 1.165) is 19.3 Å². The molecule has 24 heavy (non-hydrogen) atoms. The molecule has 0 aliphatic carbocycles. The van der Waals surface area contributed by atoms with E-state index >= 15 is 0 Å². The molecular formula is C19H26O3S2. The highest BCUT2D eigenvalue weighted by Gasteiger charge is 2.33. The lowest BCUT2D eigenvalue weighted by Crippen LogP contribution is -2.36. The van der Waals surface area contributed by atoms with Gasteiger partial charge in [-0.25, -0.2) is 0 Å². The highest BCUT2D eigenvalue weighted by molar-refractivity contribution is 8.17. The molecule has 0 N–H and O–H groups in total. The Morgan fingerprint density at radius 3 is 2.67 bits per heavy atom. The van der Waals surface area contributed by atoms with Crippen LogP contribution < -0.4 is 0 Å². The fourth-order valence-corrected chi connectivity index (χ4v) is 6.11. The number of carbonyl (C=O) groups is 1. The Bertz CT molecular complexity index is 517. The van der Waals surface area contributed by atoms with Gasteiger partial charge < -0.3 is 9.47 Å². The van der Waals surface area contributed by atoms with E-state index in [1.165, 1.54) is 23.5 Å². The van der Waals surface area contributed by atoms with Gasteiger partial charge in [-0.1, -0.05) is 37.3 Å². The number of hydrogen-bond donors (Lipinski definition) is 0. The number of rotatable bonds is 6. The molecule has 3 nitrogen and oxygen atoms in total. The van der Waals surface area contributed by atoms with E-state index in [9.17, 15) is 4.79 Å². The van der Waals surface area contributed by atoms with Crippen molar-refractivity contribution >= 4 is 29.5 Å². The smallest absolute Gasteiger partial charge is 0.308 e. The van der Waals surface area contributed by atoms with Crippen LogP contribution in [0.4, 0.5) is 0 Å². The normalized spacial score (nSPS) is 26.8. The van der Waals surface area contributed by atoms with Crippen LogP contribution in [0.25, 0.3) is 0 Å². The van der Waals surface area contributed by atoms with Crippen LogP contribution in [0.5, 0.6) is 0 Å². The minimum Gasteiger partial charge on any atom is -0.462 e. The molecule has 3 rings (SSSR count). The molecule has 1 aromatic carbocycles. The highest BCUT2D eigenvalue weighted by atomic mass is 32.2. The second-order valence-electron chi connectivity index (χ2n) is 6.57. The number of cyclic esters (lactones) is 1. The molecule has 2 saturated heterocycles. The first-order valence-corrected chi connectivity index (χ1v) is 10.9. The number of thioether (sulfide) groups is 2. The van der Waals surface area contributed by atoms with Gasteiger partial charge in [-0.3, -0.25) is 4.79 Å². The van der Waals surface area contributed by atoms with Crippen molar-refractivity contribution < 1.29 is 14.3 Å². The maximum Gasteiger partial charge on any atom is 0.308 e. The van der Waals surface area contributed by atoms with Crippen molar-refractivity contribution in [3.63, 3.8) is 0 Å². The lowest BCUT2D eigenvalue weighted by Gasteiger charge is -2.34. The molecule has 132 valence electrons. The lowest BCUT2D eigenvalue weighted by atomic mass is 9.97. The maximum absolute atomic E-state index is 11.9. The monoisotopic (exact) mass is 366 g/mol. The van der Waals surface area contributed by atoms with Gasteiger partial charge in [0.1, 0.15) is 6.10 Å². The third-order valence-corrected chi connectivity index (χ3v) is 7.69. The summed E-state index contributed by atoms with van der Waals surface area (Å²) in [5.41, 5.74) is 1.20. The molecule has 5 heteroatoms. The predicted molar refractivity (Wildman–Crippen MR) is 101 cm³/mol. The van der Waals surface area contributed by atoms with Crippen molar-refractivity contribution in [2.75, 3.05) is 11.5 Å². The van der Waals surface area contributed by atoms with E-state index in [-0.39, 0.29) is 24.1 Å². The largest absolute Gasteiger partial charge is 0.462 e. The van der Waals surface area contributed by atoms with Crippen LogP contribution in [0, 0.1) is 5.92 Å². The van der Waals surface area contributed by atoms with Crippen molar-refractivity contribution in [3.8, 4) is 0 Å². The van der Waals surface area contributed by atoms with Gasteiger partial charge in [0.2, 0.25) is 0 Å². The van der Waals surface area contributed by atoms with E-state index in [0.29, 0.717) is 11.2 Å². The summed E-state index contributed by atoms with van der Waals surface area (Å²) >= 11 is 3.99. The number of hydrogen-bond acceptors (Lipinski definition) is 5. The molecule has 0 bridgehead atoms. The summed E-state index contributed by atoms with van der Waals surface area (Å²) in [6, 6.07) is 10.3. The van der Waals surface area contributed by atoms with E-state index in [1.807, 2.05) is 48.6 Å². The van der Waals surface area contributed by atoms with Crippen molar-refractivity contribution in [2.45, 2.75) is 56.0 Å². The van der Waals surface area contributed by atoms with Gasteiger partial charge in [0.25, 0.3) is 0 Å². The summed E-state index contributed by atoms with van der Waals surface area (Å²) in [7, 11) is 0. The molecule has 0 unspecified atom stereocenters. The number of ether oxygens (including phenoxy) is 2. The average molecular weight is 367 g/mol. The Morgan fingerprint density at radius 2 is 1.96 bits per heavy atom. The summed E-state index contributed by atoms with van der Waals surface area (Å²) in [5, 5.41) is 0. The third-order valence-electron chi connectivity index (χ3n) is 4.57. The minimum absolute atomic E-state index is 0.0117. The zero-order valence-corrected chi connectivity index (χ0v) is 15.8. The number of benzene rings is 1. The fourth-order valence-electron chi connectivity index (χ4n) is 3.07. The molecule has 2 aliphatic heterocycles. The fraction of sp³-hybridized carbons (Fsp3) is 0.632. The molecule has 0 amide bonds. The first kappa shape index (κ1) is 18.2. The zero-order chi connectivity index (χ0) is 16.8. The second-order valence-corrected chi connectivity index (χ2v) is 9.37. The van der Waals surface area contributed by atoms with Crippen molar-refractivity contribution in [1.29, 1.82) is 0 Å². The van der Waals surface area contributed by atoms with Gasteiger partial charge in [-0.05, 0) is 36.3 Å². The van der Waals surface area contributed by atoms with E-state index < -0.39 is 0 Å². The van der Waals surface area contributed by atoms with Crippen LogP contribution in [0.15, 0.2) is 30.3 Å². The molecule has 0 spiro atoms. The van der Waals surface area contributed by atoms with Gasteiger partial charge in [-0.15, -0.1) is 23.5 Å². The van der Waals surface area contributed by atoms with Gasteiger partial charge in [-0.2, -0.15) is 0 Å². The quantitative estimate of drug-likeness (QED) is 0.693. The van der Waals surface area contributed by atoms with E-state index in [1.54, 1.807) is 0 Å². The number of esters is 1. The predicted octanol–water partition coefficient (Wildman–Crippen LogP) is 4.50. The van der Waals surface area contributed by atoms with Crippen LogP contribution in [-0.2, 0) is 20.9 Å². The van der Waals surface area contributed by atoms with Crippen molar-refractivity contribution in [3.05, 3.63) is 35.9 Å². The summed E-state index contributed by atoms with van der Waals surface area (Å²) in [4.78, 5) is 11.9. The van der Waals surface area contributed by atoms with Gasteiger partial charge in [0, 0.05) is 6.42 Å². The average Bonchev–Trinajstić information content (AvgIpc) is 2.63. The van der Waals surface area contributed by atoms with Crippen molar-refractivity contribution in [2.24, 2.45) is 5.92 Å². The minimum atomic E-state index is -0.0444. The summed E-state index contributed by atoms with van der Waals surface area (Å²) in [5.74, 6) is 2.40. The van der Waals surface area contributed by atoms with E-state index in [2.05, 4.69) is 12.1 Å². The van der Waals surface area contributed by atoms with E-state index in [4.69, 9.17) is 9.47 Å². The second kappa shape index (κ2) is 9.16. The van der Waals surface area contributed by atoms with Crippen LogP contribution in [-0.4, -0.2) is 34.3 Å². The maximum atomic E-state index is 11.9. The lowest BCUT2D eigenvalue weighted by molar-refractivity contribution is -0.161.